The Morgan fingerprint density at radius 2 is 2.00 bits per heavy atom. The van der Waals surface area contributed by atoms with E-state index in [0.29, 0.717) is 24.6 Å². The predicted octanol–water partition coefficient (Wildman–Crippen LogP) is 2.44. The van der Waals surface area contributed by atoms with Gasteiger partial charge in [-0.2, -0.15) is 4.98 Å². The van der Waals surface area contributed by atoms with Gasteiger partial charge in [-0.3, -0.25) is 4.79 Å². The second-order valence-electron chi connectivity index (χ2n) is 6.18. The lowest BCUT2D eigenvalue weighted by Gasteiger charge is -2.25. The summed E-state index contributed by atoms with van der Waals surface area (Å²) in [7, 11) is 1.59. The van der Waals surface area contributed by atoms with Crippen molar-refractivity contribution in [3.05, 3.63) is 30.2 Å². The maximum atomic E-state index is 12.1. The van der Waals surface area contributed by atoms with Crippen molar-refractivity contribution in [2.24, 2.45) is 0 Å². The quantitative estimate of drug-likeness (QED) is 0.705. The number of nitrogens with zero attached hydrogens (tertiary/aromatic N) is 2. The molecule has 26 heavy (non-hydrogen) atoms. The van der Waals surface area contributed by atoms with Gasteiger partial charge in [0.25, 0.3) is 0 Å². The van der Waals surface area contributed by atoms with Crippen LogP contribution in [-0.4, -0.2) is 39.8 Å². The Bertz CT molecular complexity index is 756. The predicted molar refractivity (Wildman–Crippen MR) is 93.7 cm³/mol. The summed E-state index contributed by atoms with van der Waals surface area (Å²) in [6.07, 6.45) is 1.31. The zero-order valence-electron chi connectivity index (χ0n) is 15.1. The summed E-state index contributed by atoms with van der Waals surface area (Å²) < 4.78 is 10.3. The number of aliphatic carboxylic acids is 1. The first-order chi connectivity index (χ1) is 12.4. The molecule has 8 heteroatoms. The molecule has 0 saturated heterocycles. The van der Waals surface area contributed by atoms with Crippen LogP contribution in [0.25, 0.3) is 11.4 Å². The minimum absolute atomic E-state index is 0.0663. The van der Waals surface area contributed by atoms with Crippen LogP contribution in [0.15, 0.2) is 28.8 Å². The number of aryl methyl sites for hydroxylation is 1. The summed E-state index contributed by atoms with van der Waals surface area (Å²) >= 11 is 0. The Hall–Kier alpha value is -2.90. The molecular formula is C18H23N3O5. The van der Waals surface area contributed by atoms with Crippen LogP contribution < -0.4 is 10.1 Å². The summed E-state index contributed by atoms with van der Waals surface area (Å²) in [5.41, 5.74) is -0.499. The molecule has 0 aliphatic heterocycles. The Morgan fingerprint density at radius 1 is 1.31 bits per heavy atom. The number of nitrogens with one attached hydrogen (secondary N) is 1. The van der Waals surface area contributed by atoms with E-state index in [9.17, 15) is 14.7 Å². The number of hydrogen-bond donors (Lipinski definition) is 2. The van der Waals surface area contributed by atoms with Crippen LogP contribution in [0.5, 0.6) is 5.75 Å². The van der Waals surface area contributed by atoms with Crippen LogP contribution in [0.2, 0.25) is 0 Å². The molecule has 8 nitrogen and oxygen atoms in total. The molecule has 0 radical (unpaired) electrons. The van der Waals surface area contributed by atoms with Crippen LogP contribution in [0, 0.1) is 0 Å². The van der Waals surface area contributed by atoms with Gasteiger partial charge in [0, 0.05) is 18.4 Å². The van der Waals surface area contributed by atoms with Crippen LogP contribution in [-0.2, 0) is 16.0 Å². The summed E-state index contributed by atoms with van der Waals surface area (Å²) in [6, 6.07) is 7.20. The Labute approximate surface area is 151 Å². The highest BCUT2D eigenvalue weighted by molar-refractivity contribution is 5.86. The number of benzene rings is 1. The van der Waals surface area contributed by atoms with E-state index >= 15 is 0 Å². The number of hydrogen-bond acceptors (Lipinski definition) is 6. The maximum Gasteiger partial charge on any atom is 0.329 e. The number of carboxylic acids is 1. The Kier molecular flexibility index (Phi) is 6.32. The third-order valence-electron chi connectivity index (χ3n) is 4.02. The molecule has 0 spiro atoms. The Balaban J connectivity index is 1.94. The third-order valence-corrected chi connectivity index (χ3v) is 4.02. The molecule has 0 fully saturated rings. The summed E-state index contributed by atoms with van der Waals surface area (Å²) in [5, 5.41) is 15.8. The van der Waals surface area contributed by atoms with Crippen molar-refractivity contribution in [1.29, 1.82) is 0 Å². The number of carbonyl (C=O) groups is 2. The fourth-order valence-electron chi connectivity index (χ4n) is 2.53. The first-order valence-electron chi connectivity index (χ1n) is 8.39. The van der Waals surface area contributed by atoms with Crippen molar-refractivity contribution in [2.45, 2.75) is 45.1 Å². The van der Waals surface area contributed by atoms with Gasteiger partial charge in [0.2, 0.25) is 17.6 Å². The lowest BCUT2D eigenvalue weighted by atomic mass is 9.96. The van der Waals surface area contributed by atoms with E-state index in [1.54, 1.807) is 19.2 Å². The number of ether oxygens (including phenoxy) is 1. The zero-order chi connectivity index (χ0) is 19.2. The highest BCUT2D eigenvalue weighted by Crippen LogP contribution is 2.20. The molecule has 1 atom stereocenters. The first-order valence-corrected chi connectivity index (χ1v) is 8.39. The number of amides is 1. The first kappa shape index (κ1) is 19.4. The van der Waals surface area contributed by atoms with Gasteiger partial charge in [-0.1, -0.05) is 18.5 Å². The molecule has 1 aromatic carbocycles. The SMILES string of the molecule is CCCC(C)(NC(=O)CCc1nc(-c2ccc(OC)cc2)no1)C(=O)O. The summed E-state index contributed by atoms with van der Waals surface area (Å²) in [6.45, 7) is 3.37. The summed E-state index contributed by atoms with van der Waals surface area (Å²) in [4.78, 5) is 27.7. The van der Waals surface area contributed by atoms with Crippen LogP contribution in [0.4, 0.5) is 0 Å². The minimum atomic E-state index is -1.27. The lowest BCUT2D eigenvalue weighted by molar-refractivity contribution is -0.147. The van der Waals surface area contributed by atoms with Crippen LogP contribution >= 0.6 is 0 Å². The average molecular weight is 361 g/mol. The van der Waals surface area contributed by atoms with Gasteiger partial charge in [0.15, 0.2) is 0 Å². The van der Waals surface area contributed by atoms with Gasteiger partial charge >= 0.3 is 5.97 Å². The van der Waals surface area contributed by atoms with Crippen LogP contribution in [0.1, 0.15) is 39.0 Å². The minimum Gasteiger partial charge on any atom is -0.497 e. The second kappa shape index (κ2) is 8.46. The van der Waals surface area contributed by atoms with Gasteiger partial charge in [-0.05, 0) is 37.6 Å². The molecule has 1 heterocycles. The summed E-state index contributed by atoms with van der Waals surface area (Å²) in [5.74, 6) is 0.0467. The standard InChI is InChI=1S/C18H23N3O5/c1-4-11-18(2,17(23)24)20-14(22)9-10-15-19-16(21-26-15)12-5-7-13(25-3)8-6-12/h5-8H,4,9-11H2,1-3H3,(H,20,22)(H,23,24). The molecule has 1 aromatic heterocycles. The largest absolute Gasteiger partial charge is 0.497 e. The van der Waals surface area contributed by atoms with E-state index in [1.807, 2.05) is 19.1 Å². The van der Waals surface area contributed by atoms with E-state index in [1.165, 1.54) is 6.92 Å². The van der Waals surface area contributed by atoms with E-state index < -0.39 is 11.5 Å². The molecule has 2 N–H and O–H groups in total. The molecule has 2 rings (SSSR count). The van der Waals surface area contributed by atoms with Crippen molar-refractivity contribution in [2.75, 3.05) is 7.11 Å². The zero-order valence-corrected chi connectivity index (χ0v) is 15.1. The van der Waals surface area contributed by atoms with E-state index in [-0.39, 0.29) is 18.7 Å². The number of aromatic nitrogens is 2. The molecule has 1 amide bonds. The highest BCUT2D eigenvalue weighted by atomic mass is 16.5. The lowest BCUT2D eigenvalue weighted by Crippen LogP contribution is -2.52. The van der Waals surface area contributed by atoms with E-state index in [2.05, 4.69) is 15.5 Å². The van der Waals surface area contributed by atoms with Crippen molar-refractivity contribution in [3.8, 4) is 17.1 Å². The molecule has 0 aliphatic carbocycles. The molecule has 0 bridgehead atoms. The third kappa shape index (κ3) is 4.81. The number of carbonyl (C=O) groups excluding carboxylic acids is 1. The number of rotatable bonds is 9. The highest BCUT2D eigenvalue weighted by Gasteiger charge is 2.33. The molecule has 2 aromatic rings. The van der Waals surface area contributed by atoms with Crippen molar-refractivity contribution in [1.82, 2.24) is 15.5 Å². The number of methoxy groups -OCH3 is 1. The molecular weight excluding hydrogens is 338 g/mol. The van der Waals surface area contributed by atoms with Crippen molar-refractivity contribution < 1.29 is 24.0 Å². The average Bonchev–Trinajstić information content (AvgIpc) is 3.09. The van der Waals surface area contributed by atoms with E-state index in [0.717, 1.165) is 11.3 Å². The fourth-order valence-corrected chi connectivity index (χ4v) is 2.53. The van der Waals surface area contributed by atoms with Gasteiger partial charge in [-0.25, -0.2) is 4.79 Å². The van der Waals surface area contributed by atoms with E-state index in [4.69, 9.17) is 9.26 Å². The number of carboxylic acid groups (broad SMARTS) is 1. The van der Waals surface area contributed by atoms with Gasteiger partial charge in [0.05, 0.1) is 7.11 Å². The maximum absolute atomic E-state index is 12.1. The van der Waals surface area contributed by atoms with Gasteiger partial charge in [-0.15, -0.1) is 0 Å². The fraction of sp³-hybridized carbons (Fsp3) is 0.444. The van der Waals surface area contributed by atoms with Gasteiger partial charge < -0.3 is 19.7 Å². The molecule has 0 saturated carbocycles. The molecule has 0 aliphatic rings. The Morgan fingerprint density at radius 3 is 2.58 bits per heavy atom. The van der Waals surface area contributed by atoms with Crippen LogP contribution in [0.3, 0.4) is 0 Å². The topological polar surface area (TPSA) is 115 Å². The molecule has 140 valence electrons. The smallest absolute Gasteiger partial charge is 0.329 e. The van der Waals surface area contributed by atoms with Crippen molar-refractivity contribution in [3.63, 3.8) is 0 Å². The normalized spacial score (nSPS) is 13.0. The second-order valence-corrected chi connectivity index (χ2v) is 6.18. The van der Waals surface area contributed by atoms with Crippen molar-refractivity contribution >= 4 is 11.9 Å². The molecule has 1 unspecified atom stereocenters. The monoisotopic (exact) mass is 361 g/mol. The van der Waals surface area contributed by atoms with Gasteiger partial charge in [0.1, 0.15) is 11.3 Å².